The molecule has 0 aromatic heterocycles. The fraction of sp³-hybridized carbons (Fsp3) is 0.750. The lowest BCUT2D eigenvalue weighted by Gasteiger charge is -2.41. The van der Waals surface area contributed by atoms with Gasteiger partial charge in [0.25, 0.3) is 5.91 Å². The highest BCUT2D eigenvalue weighted by Crippen LogP contribution is 2.36. The van der Waals surface area contributed by atoms with Gasteiger partial charge in [-0.05, 0) is 40.0 Å². The van der Waals surface area contributed by atoms with Crippen LogP contribution in [0.1, 0.15) is 80.1 Å². The van der Waals surface area contributed by atoms with Crippen molar-refractivity contribution in [1.29, 1.82) is 0 Å². The van der Waals surface area contributed by atoms with Crippen LogP contribution in [0.3, 0.4) is 0 Å². The van der Waals surface area contributed by atoms with Gasteiger partial charge in [-0.2, -0.15) is 0 Å². The molecule has 0 radical (unpaired) electrons. The van der Waals surface area contributed by atoms with Gasteiger partial charge < -0.3 is 29.1 Å². The normalized spacial score (nSPS) is 22.1. The zero-order valence-corrected chi connectivity index (χ0v) is 22.3. The van der Waals surface area contributed by atoms with Gasteiger partial charge in [0.2, 0.25) is 0 Å². The molecule has 0 aromatic rings. The van der Waals surface area contributed by atoms with Gasteiger partial charge in [-0.25, -0.2) is 10.2 Å². The third kappa shape index (κ3) is 12.5. The highest BCUT2D eigenvalue weighted by atomic mass is 16.6. The first-order valence-corrected chi connectivity index (χ1v) is 12.2. The number of unbranched alkanes of at least 4 members (excludes halogenated alkanes) is 1. The van der Waals surface area contributed by atoms with E-state index in [0.717, 1.165) is 6.92 Å². The number of hydrogen-bond acceptors (Lipinski definition) is 11. The fourth-order valence-corrected chi connectivity index (χ4v) is 4.01. The Kier molecular flexibility index (Phi) is 12.5. The minimum absolute atomic E-state index is 0.136. The summed E-state index contributed by atoms with van der Waals surface area (Å²) < 4.78 is 21.0. The molecule has 37 heavy (non-hydrogen) atoms. The summed E-state index contributed by atoms with van der Waals surface area (Å²) in [6.07, 6.45) is -0.555. The SMILES string of the molecule is CC(=O)O[C@H]1C[C@H](OC(C)=O)CC(OC(C)=O)(C(=O)N[C@H](C=O)CCCCNNC(=O)OC(C)(C)C)C1. The number of esters is 3. The topological polar surface area (TPSA) is 175 Å². The maximum atomic E-state index is 13.3. The van der Waals surface area contributed by atoms with Crippen molar-refractivity contribution in [1.82, 2.24) is 16.2 Å². The van der Waals surface area contributed by atoms with E-state index in [4.69, 9.17) is 18.9 Å². The Morgan fingerprint density at radius 1 is 0.946 bits per heavy atom. The van der Waals surface area contributed by atoms with Crippen molar-refractivity contribution in [3.8, 4) is 0 Å². The van der Waals surface area contributed by atoms with Crippen molar-refractivity contribution in [2.45, 2.75) is 110 Å². The minimum atomic E-state index is -1.80. The molecule has 1 saturated carbocycles. The van der Waals surface area contributed by atoms with Gasteiger partial charge in [0.1, 0.15) is 24.1 Å². The van der Waals surface area contributed by atoms with Crippen molar-refractivity contribution >= 4 is 36.2 Å². The van der Waals surface area contributed by atoms with E-state index in [1.54, 1.807) is 20.8 Å². The molecule has 0 spiro atoms. The molecule has 3 atom stereocenters. The number of rotatable bonds is 12. The number of carbonyl (C=O) groups is 6. The number of carbonyl (C=O) groups excluding carboxylic acids is 6. The molecular formula is C24H39N3O10. The fourth-order valence-electron chi connectivity index (χ4n) is 4.01. The maximum Gasteiger partial charge on any atom is 0.422 e. The lowest BCUT2D eigenvalue weighted by molar-refractivity contribution is -0.189. The molecule has 1 aliphatic rings. The number of hydrogen-bond donors (Lipinski definition) is 3. The smallest absolute Gasteiger partial charge is 0.422 e. The van der Waals surface area contributed by atoms with Crippen LogP contribution in [0.2, 0.25) is 0 Å². The standard InChI is InChI=1S/C24H39N3O10/c1-15(29)34-19-11-20(35-16(2)30)13-24(12-19,36-17(3)31)21(32)26-18(14-28)9-7-8-10-25-27-22(33)37-23(4,5)6/h14,18-20,25H,7-13H2,1-6H3,(H,26,32)(H,27,33)/t18-,19-,20-/m0/s1. The van der Waals surface area contributed by atoms with Gasteiger partial charge in [-0.1, -0.05) is 0 Å². The van der Waals surface area contributed by atoms with Crippen LogP contribution in [0.4, 0.5) is 4.79 Å². The summed E-state index contributed by atoms with van der Waals surface area (Å²) in [5.41, 5.74) is 2.70. The Balaban J connectivity index is 2.76. The van der Waals surface area contributed by atoms with Crippen molar-refractivity contribution in [3.05, 3.63) is 0 Å². The van der Waals surface area contributed by atoms with Gasteiger partial charge in [0.05, 0.1) is 6.04 Å². The molecule has 13 nitrogen and oxygen atoms in total. The van der Waals surface area contributed by atoms with Crippen LogP contribution in [-0.4, -0.2) is 72.2 Å². The van der Waals surface area contributed by atoms with E-state index in [1.807, 2.05) is 0 Å². The Hall–Kier alpha value is -3.22. The molecule has 0 saturated heterocycles. The number of hydrazine groups is 1. The first kappa shape index (κ1) is 31.8. The molecule has 0 bridgehead atoms. The first-order chi connectivity index (χ1) is 17.2. The van der Waals surface area contributed by atoms with Crippen molar-refractivity contribution in [2.24, 2.45) is 0 Å². The molecule has 0 heterocycles. The molecule has 1 rings (SSSR count). The molecule has 1 aliphatic carbocycles. The molecule has 0 aromatic carbocycles. The van der Waals surface area contributed by atoms with Crippen LogP contribution in [0, 0.1) is 0 Å². The third-order valence-corrected chi connectivity index (χ3v) is 5.20. The zero-order chi connectivity index (χ0) is 28.2. The second-order valence-electron chi connectivity index (χ2n) is 9.96. The van der Waals surface area contributed by atoms with E-state index >= 15 is 0 Å². The molecule has 13 heteroatoms. The average Bonchev–Trinajstić information content (AvgIpc) is 2.72. The monoisotopic (exact) mass is 529 g/mol. The average molecular weight is 530 g/mol. The largest absolute Gasteiger partial charge is 0.462 e. The summed E-state index contributed by atoms with van der Waals surface area (Å²) >= 11 is 0. The van der Waals surface area contributed by atoms with E-state index in [9.17, 15) is 28.8 Å². The van der Waals surface area contributed by atoms with Crippen LogP contribution in [0.5, 0.6) is 0 Å². The summed E-state index contributed by atoms with van der Waals surface area (Å²) in [7, 11) is 0. The highest BCUT2D eigenvalue weighted by Gasteiger charge is 2.51. The lowest BCUT2D eigenvalue weighted by atomic mass is 9.79. The second kappa shape index (κ2) is 14.5. The molecule has 1 fully saturated rings. The molecule has 2 amide bonds. The highest BCUT2D eigenvalue weighted by molar-refractivity contribution is 5.90. The van der Waals surface area contributed by atoms with Crippen LogP contribution in [0.25, 0.3) is 0 Å². The summed E-state index contributed by atoms with van der Waals surface area (Å²) in [6.45, 7) is 9.14. The first-order valence-electron chi connectivity index (χ1n) is 12.2. The van der Waals surface area contributed by atoms with Crippen LogP contribution in [-0.2, 0) is 42.9 Å². The number of nitrogens with one attached hydrogen (secondary N) is 3. The third-order valence-electron chi connectivity index (χ3n) is 5.20. The Morgan fingerprint density at radius 2 is 1.51 bits per heavy atom. The van der Waals surface area contributed by atoms with Gasteiger partial charge in [-0.15, -0.1) is 0 Å². The summed E-state index contributed by atoms with van der Waals surface area (Å²) in [4.78, 5) is 71.6. The zero-order valence-electron chi connectivity index (χ0n) is 22.3. The maximum absolute atomic E-state index is 13.3. The van der Waals surface area contributed by atoms with E-state index in [0.29, 0.717) is 25.7 Å². The van der Waals surface area contributed by atoms with E-state index < -0.39 is 59.4 Å². The van der Waals surface area contributed by atoms with Gasteiger partial charge in [0.15, 0.2) is 5.60 Å². The lowest BCUT2D eigenvalue weighted by Crippen LogP contribution is -2.59. The van der Waals surface area contributed by atoms with Crippen LogP contribution in [0.15, 0.2) is 0 Å². The molecule has 0 unspecified atom stereocenters. The van der Waals surface area contributed by atoms with Crippen LogP contribution < -0.4 is 16.2 Å². The van der Waals surface area contributed by atoms with Crippen molar-refractivity contribution in [2.75, 3.05) is 6.54 Å². The number of aldehydes is 1. The second-order valence-corrected chi connectivity index (χ2v) is 9.96. The van der Waals surface area contributed by atoms with E-state index in [-0.39, 0.29) is 25.7 Å². The molecular weight excluding hydrogens is 490 g/mol. The summed E-state index contributed by atoms with van der Waals surface area (Å²) in [5, 5.41) is 2.59. The van der Waals surface area contributed by atoms with E-state index in [2.05, 4.69) is 16.2 Å². The van der Waals surface area contributed by atoms with E-state index in [1.165, 1.54) is 13.8 Å². The predicted molar refractivity (Wildman–Crippen MR) is 129 cm³/mol. The molecule has 3 N–H and O–H groups in total. The number of ether oxygens (including phenoxy) is 4. The quantitative estimate of drug-likeness (QED) is 0.109. The number of amides is 2. The Morgan fingerprint density at radius 3 is 1.97 bits per heavy atom. The predicted octanol–water partition coefficient (Wildman–Crippen LogP) is 1.22. The van der Waals surface area contributed by atoms with Gasteiger partial charge in [-0.3, -0.25) is 24.6 Å². The summed E-state index contributed by atoms with van der Waals surface area (Å²) in [5.74, 6) is -2.72. The van der Waals surface area contributed by atoms with Gasteiger partial charge >= 0.3 is 24.0 Å². The Bertz CT molecular complexity index is 815. The van der Waals surface area contributed by atoms with Crippen LogP contribution >= 0.6 is 0 Å². The molecule has 210 valence electrons. The minimum Gasteiger partial charge on any atom is -0.462 e. The van der Waals surface area contributed by atoms with Crippen molar-refractivity contribution < 1.29 is 47.7 Å². The van der Waals surface area contributed by atoms with Gasteiger partial charge in [0, 0.05) is 46.6 Å². The Labute approximate surface area is 216 Å². The molecule has 0 aliphatic heterocycles. The van der Waals surface area contributed by atoms with Crippen molar-refractivity contribution in [3.63, 3.8) is 0 Å². The summed E-state index contributed by atoms with van der Waals surface area (Å²) in [6, 6.07) is -0.889.